The molecule has 118 valence electrons. The van der Waals surface area contributed by atoms with Crippen LogP contribution in [0.1, 0.15) is 22.3 Å². The van der Waals surface area contributed by atoms with Crippen LogP contribution in [-0.2, 0) is 9.59 Å². The van der Waals surface area contributed by atoms with E-state index in [2.05, 4.69) is 15.6 Å². The third-order valence-corrected chi connectivity index (χ3v) is 3.09. The molecule has 2 aromatic rings. The molecule has 0 saturated carbocycles. The van der Waals surface area contributed by atoms with Gasteiger partial charge in [0.25, 0.3) is 5.91 Å². The van der Waals surface area contributed by atoms with E-state index in [-0.39, 0.29) is 18.9 Å². The lowest BCUT2D eigenvalue weighted by atomic mass is 10.1. The van der Waals surface area contributed by atoms with Crippen molar-refractivity contribution in [2.45, 2.75) is 13.3 Å². The summed E-state index contributed by atoms with van der Waals surface area (Å²) in [5.74, 6) is -1.18. The number of amides is 2. The fraction of sp³-hybridized carbons (Fsp3) is 0.176. The van der Waals surface area contributed by atoms with Crippen LogP contribution in [0.4, 0.5) is 5.82 Å². The first-order chi connectivity index (χ1) is 11.1. The van der Waals surface area contributed by atoms with Gasteiger partial charge >= 0.3 is 0 Å². The molecule has 2 amide bonds. The Labute approximate surface area is 133 Å². The molecule has 1 heterocycles. The Hall–Kier alpha value is -3.02. The minimum absolute atomic E-state index is 0.0590. The van der Waals surface area contributed by atoms with Crippen LogP contribution in [-0.4, -0.2) is 29.1 Å². The van der Waals surface area contributed by atoms with Crippen molar-refractivity contribution in [2.24, 2.45) is 0 Å². The zero-order valence-corrected chi connectivity index (χ0v) is 12.7. The van der Waals surface area contributed by atoms with Crippen molar-refractivity contribution in [3.8, 4) is 0 Å². The molecule has 6 nitrogen and oxygen atoms in total. The molecule has 1 aromatic carbocycles. The molecule has 0 radical (unpaired) electrons. The van der Waals surface area contributed by atoms with Crippen molar-refractivity contribution >= 4 is 23.4 Å². The van der Waals surface area contributed by atoms with Gasteiger partial charge in [0.1, 0.15) is 5.82 Å². The molecule has 0 spiro atoms. The number of nitrogens with one attached hydrogen (secondary N) is 2. The summed E-state index contributed by atoms with van der Waals surface area (Å²) in [5.41, 5.74) is 1.33. The number of benzene rings is 1. The van der Waals surface area contributed by atoms with Gasteiger partial charge in [-0.2, -0.15) is 0 Å². The molecule has 0 fully saturated rings. The quantitative estimate of drug-likeness (QED) is 0.628. The summed E-state index contributed by atoms with van der Waals surface area (Å²) in [4.78, 5) is 39.3. The van der Waals surface area contributed by atoms with Gasteiger partial charge in [0, 0.05) is 24.7 Å². The summed E-state index contributed by atoms with van der Waals surface area (Å²) in [6.07, 6.45) is 1.63. The molecular weight excluding hydrogens is 294 g/mol. The summed E-state index contributed by atoms with van der Waals surface area (Å²) in [5, 5.41) is 5.04. The van der Waals surface area contributed by atoms with Gasteiger partial charge in [-0.25, -0.2) is 4.98 Å². The maximum Gasteiger partial charge on any atom is 0.292 e. The Morgan fingerprint density at radius 2 is 1.78 bits per heavy atom. The Balaban J connectivity index is 1.77. The number of hydrogen-bond acceptors (Lipinski definition) is 4. The Bertz CT molecular complexity index is 697. The number of carbonyl (C=O) groups excluding carboxylic acids is 3. The van der Waals surface area contributed by atoms with Crippen LogP contribution >= 0.6 is 0 Å². The zero-order valence-electron chi connectivity index (χ0n) is 12.7. The monoisotopic (exact) mass is 311 g/mol. The second-order valence-corrected chi connectivity index (χ2v) is 4.96. The number of hydrogen-bond donors (Lipinski definition) is 2. The second kappa shape index (κ2) is 7.84. The number of aromatic nitrogens is 1. The minimum atomic E-state index is -0.723. The molecule has 0 atom stereocenters. The molecular formula is C17H17N3O3. The molecule has 1 aromatic heterocycles. The highest BCUT2D eigenvalue weighted by Gasteiger charge is 2.15. The van der Waals surface area contributed by atoms with E-state index in [9.17, 15) is 14.4 Å². The van der Waals surface area contributed by atoms with Gasteiger partial charge in [-0.05, 0) is 19.1 Å². The van der Waals surface area contributed by atoms with Crippen molar-refractivity contribution in [1.82, 2.24) is 10.3 Å². The minimum Gasteiger partial charge on any atom is -0.349 e. The van der Waals surface area contributed by atoms with Crippen LogP contribution < -0.4 is 10.6 Å². The maximum absolute atomic E-state index is 11.9. The van der Waals surface area contributed by atoms with Gasteiger partial charge in [0.05, 0.1) is 0 Å². The highest BCUT2D eigenvalue weighted by atomic mass is 16.2. The molecule has 23 heavy (non-hydrogen) atoms. The van der Waals surface area contributed by atoms with E-state index in [0.717, 1.165) is 5.56 Å². The molecule has 2 rings (SSSR count). The smallest absolute Gasteiger partial charge is 0.292 e. The molecule has 0 saturated heterocycles. The standard InChI is InChI=1S/C17H17N3O3/c1-12-5-7-13(8-6-12)16(22)17(23)19-11-9-15(21)20-14-4-2-3-10-18-14/h2-8,10H,9,11H2,1H3,(H,19,23)(H,18,20,21). The van der Waals surface area contributed by atoms with Crippen LogP contribution in [0, 0.1) is 6.92 Å². The molecule has 0 unspecified atom stereocenters. The first-order valence-electron chi connectivity index (χ1n) is 7.16. The number of nitrogens with zero attached hydrogens (tertiary/aromatic N) is 1. The van der Waals surface area contributed by atoms with Gasteiger partial charge in [-0.1, -0.05) is 35.9 Å². The van der Waals surface area contributed by atoms with Gasteiger partial charge in [0.2, 0.25) is 11.7 Å². The average molecular weight is 311 g/mol. The maximum atomic E-state index is 11.9. The van der Waals surface area contributed by atoms with Crippen LogP contribution in [0.3, 0.4) is 0 Å². The average Bonchev–Trinajstić information content (AvgIpc) is 2.55. The SMILES string of the molecule is Cc1ccc(C(=O)C(=O)NCCC(=O)Nc2ccccn2)cc1. The fourth-order valence-electron chi connectivity index (χ4n) is 1.85. The van der Waals surface area contributed by atoms with Crippen molar-refractivity contribution in [3.63, 3.8) is 0 Å². The second-order valence-electron chi connectivity index (χ2n) is 4.96. The Kier molecular flexibility index (Phi) is 5.57. The summed E-state index contributed by atoms with van der Waals surface area (Å²) >= 11 is 0. The van der Waals surface area contributed by atoms with Crippen LogP contribution in [0.15, 0.2) is 48.7 Å². The highest BCUT2D eigenvalue weighted by molar-refractivity contribution is 6.42. The first-order valence-corrected chi connectivity index (χ1v) is 7.16. The lowest BCUT2D eigenvalue weighted by Crippen LogP contribution is -2.33. The molecule has 2 N–H and O–H groups in total. The summed E-state index contributed by atoms with van der Waals surface area (Å²) < 4.78 is 0. The number of pyridine rings is 1. The van der Waals surface area contributed by atoms with E-state index in [0.29, 0.717) is 11.4 Å². The van der Waals surface area contributed by atoms with Crippen molar-refractivity contribution in [2.75, 3.05) is 11.9 Å². The molecule has 0 bridgehead atoms. The van der Waals surface area contributed by atoms with Crippen molar-refractivity contribution in [3.05, 3.63) is 59.8 Å². The number of aryl methyl sites for hydroxylation is 1. The Morgan fingerprint density at radius 3 is 2.43 bits per heavy atom. The summed E-state index contributed by atoms with van der Waals surface area (Å²) in [7, 11) is 0. The first kappa shape index (κ1) is 16.4. The predicted molar refractivity (Wildman–Crippen MR) is 86.0 cm³/mol. The van der Waals surface area contributed by atoms with E-state index < -0.39 is 11.7 Å². The van der Waals surface area contributed by atoms with Gasteiger partial charge in [-0.3, -0.25) is 14.4 Å². The molecule has 0 aliphatic carbocycles. The molecule has 6 heteroatoms. The normalized spacial score (nSPS) is 9.96. The third kappa shape index (κ3) is 5.03. The zero-order chi connectivity index (χ0) is 16.7. The molecule has 0 aliphatic heterocycles. The number of carbonyl (C=O) groups is 3. The third-order valence-electron chi connectivity index (χ3n) is 3.09. The van der Waals surface area contributed by atoms with E-state index in [1.54, 1.807) is 48.7 Å². The predicted octanol–water partition coefficient (Wildman–Crippen LogP) is 1.72. The van der Waals surface area contributed by atoms with E-state index in [1.165, 1.54) is 0 Å². The topological polar surface area (TPSA) is 88.2 Å². The highest BCUT2D eigenvalue weighted by Crippen LogP contribution is 2.04. The summed E-state index contributed by atoms with van der Waals surface area (Å²) in [6.45, 7) is 1.98. The van der Waals surface area contributed by atoms with Gasteiger partial charge in [-0.15, -0.1) is 0 Å². The fourth-order valence-corrected chi connectivity index (χ4v) is 1.85. The summed E-state index contributed by atoms with van der Waals surface area (Å²) in [6, 6.07) is 11.9. The number of ketones is 1. The van der Waals surface area contributed by atoms with Crippen molar-refractivity contribution < 1.29 is 14.4 Å². The lowest BCUT2D eigenvalue weighted by molar-refractivity contribution is -0.117. The molecule has 0 aliphatic rings. The Morgan fingerprint density at radius 1 is 1.04 bits per heavy atom. The van der Waals surface area contributed by atoms with E-state index >= 15 is 0 Å². The number of Topliss-reactive ketones (excluding diaryl/α,β-unsaturated/α-hetero) is 1. The van der Waals surface area contributed by atoms with Crippen LogP contribution in [0.5, 0.6) is 0 Å². The van der Waals surface area contributed by atoms with E-state index in [1.807, 2.05) is 6.92 Å². The van der Waals surface area contributed by atoms with Gasteiger partial charge in [0.15, 0.2) is 0 Å². The van der Waals surface area contributed by atoms with Crippen LogP contribution in [0.25, 0.3) is 0 Å². The van der Waals surface area contributed by atoms with E-state index in [4.69, 9.17) is 0 Å². The largest absolute Gasteiger partial charge is 0.349 e. The van der Waals surface area contributed by atoms with Gasteiger partial charge < -0.3 is 10.6 Å². The van der Waals surface area contributed by atoms with Crippen molar-refractivity contribution in [1.29, 1.82) is 0 Å². The number of rotatable bonds is 6. The number of anilines is 1. The van der Waals surface area contributed by atoms with Crippen LogP contribution in [0.2, 0.25) is 0 Å². The lowest BCUT2D eigenvalue weighted by Gasteiger charge is -2.06.